The van der Waals surface area contributed by atoms with Crippen LogP contribution in [0.1, 0.15) is 11.1 Å². The Morgan fingerprint density at radius 3 is 2.72 bits per heavy atom. The standard InChI is InChI=1S/C22H25N3O4/c1-27-19-5-3-2-4-18(19)8-9-23-22(26)25-12-10-24(11-13-25)15-17-6-7-20-21(14-17)29-16-28-20/h2-9,14H,10-13,15-16H2,1H3,(H,23,26)/b9-8+. The lowest BCUT2D eigenvalue weighted by molar-refractivity contribution is 0.137. The van der Waals surface area contributed by atoms with Gasteiger partial charge in [-0.3, -0.25) is 4.90 Å². The lowest BCUT2D eigenvalue weighted by Crippen LogP contribution is -2.50. The van der Waals surface area contributed by atoms with Gasteiger partial charge < -0.3 is 24.4 Å². The van der Waals surface area contributed by atoms with Crippen molar-refractivity contribution in [2.45, 2.75) is 6.54 Å². The van der Waals surface area contributed by atoms with Gasteiger partial charge in [0.2, 0.25) is 6.79 Å². The number of benzene rings is 2. The largest absolute Gasteiger partial charge is 0.496 e. The van der Waals surface area contributed by atoms with Crippen LogP contribution in [0, 0.1) is 0 Å². The van der Waals surface area contributed by atoms with Gasteiger partial charge in [0.15, 0.2) is 11.5 Å². The van der Waals surface area contributed by atoms with Gasteiger partial charge in [-0.2, -0.15) is 0 Å². The van der Waals surface area contributed by atoms with Gasteiger partial charge in [-0.15, -0.1) is 0 Å². The highest BCUT2D eigenvalue weighted by Crippen LogP contribution is 2.32. The summed E-state index contributed by atoms with van der Waals surface area (Å²) in [6.07, 6.45) is 3.51. The van der Waals surface area contributed by atoms with Crippen LogP contribution < -0.4 is 19.5 Å². The minimum Gasteiger partial charge on any atom is -0.496 e. The molecule has 2 heterocycles. The third kappa shape index (κ3) is 4.63. The molecule has 7 heteroatoms. The Balaban J connectivity index is 1.25. The molecule has 0 unspecified atom stereocenters. The number of methoxy groups -OCH3 is 1. The van der Waals surface area contributed by atoms with E-state index in [4.69, 9.17) is 14.2 Å². The molecule has 4 rings (SSSR count). The van der Waals surface area contributed by atoms with Gasteiger partial charge in [0.25, 0.3) is 0 Å². The minimum absolute atomic E-state index is 0.0844. The maximum atomic E-state index is 12.4. The number of fused-ring (bicyclic) bond motifs is 1. The zero-order valence-electron chi connectivity index (χ0n) is 16.5. The number of ether oxygens (including phenoxy) is 3. The molecule has 2 aliphatic heterocycles. The van der Waals surface area contributed by atoms with Gasteiger partial charge in [-0.25, -0.2) is 4.79 Å². The number of carbonyl (C=O) groups excluding carboxylic acids is 1. The monoisotopic (exact) mass is 395 g/mol. The van der Waals surface area contributed by atoms with Crippen molar-refractivity contribution in [2.75, 3.05) is 40.1 Å². The fourth-order valence-corrected chi connectivity index (χ4v) is 3.50. The number of urea groups is 1. The smallest absolute Gasteiger partial charge is 0.321 e. The molecule has 0 radical (unpaired) electrons. The molecule has 0 atom stereocenters. The Bertz CT molecular complexity index is 891. The van der Waals surface area contributed by atoms with E-state index in [9.17, 15) is 4.79 Å². The second kappa shape index (κ2) is 8.87. The van der Waals surface area contributed by atoms with Crippen molar-refractivity contribution in [3.8, 4) is 17.2 Å². The van der Waals surface area contributed by atoms with Crippen molar-refractivity contribution in [3.63, 3.8) is 0 Å². The first-order valence-electron chi connectivity index (χ1n) is 9.69. The summed E-state index contributed by atoms with van der Waals surface area (Å²) in [6.45, 7) is 4.17. The van der Waals surface area contributed by atoms with E-state index in [1.807, 2.05) is 47.4 Å². The summed E-state index contributed by atoms with van der Waals surface area (Å²) in [6, 6.07) is 13.6. The second-order valence-corrected chi connectivity index (χ2v) is 6.98. The van der Waals surface area contributed by atoms with Crippen LogP contribution in [0.15, 0.2) is 48.7 Å². The van der Waals surface area contributed by atoms with Crippen molar-refractivity contribution in [1.29, 1.82) is 0 Å². The number of hydrogen-bond acceptors (Lipinski definition) is 5. The molecule has 29 heavy (non-hydrogen) atoms. The van der Waals surface area contributed by atoms with Crippen molar-refractivity contribution in [2.24, 2.45) is 0 Å². The zero-order chi connectivity index (χ0) is 20.1. The first-order chi connectivity index (χ1) is 14.2. The average Bonchev–Trinajstić information content (AvgIpc) is 3.22. The quantitative estimate of drug-likeness (QED) is 0.844. The molecule has 152 valence electrons. The van der Waals surface area contributed by atoms with Crippen molar-refractivity contribution in [1.82, 2.24) is 15.1 Å². The van der Waals surface area contributed by atoms with Crippen molar-refractivity contribution in [3.05, 3.63) is 59.8 Å². The van der Waals surface area contributed by atoms with Crippen LogP contribution in [0.3, 0.4) is 0 Å². The average molecular weight is 395 g/mol. The third-order valence-electron chi connectivity index (χ3n) is 5.11. The van der Waals surface area contributed by atoms with Crippen LogP contribution in [0.5, 0.6) is 17.2 Å². The third-order valence-corrected chi connectivity index (χ3v) is 5.11. The first kappa shape index (κ1) is 19.1. The molecule has 2 aliphatic rings. The number of para-hydroxylation sites is 1. The predicted octanol–water partition coefficient (Wildman–Crippen LogP) is 2.92. The summed E-state index contributed by atoms with van der Waals surface area (Å²) in [7, 11) is 1.63. The number of amides is 2. The van der Waals surface area contributed by atoms with Crippen LogP contribution >= 0.6 is 0 Å². The fourth-order valence-electron chi connectivity index (χ4n) is 3.50. The molecule has 0 saturated carbocycles. The van der Waals surface area contributed by atoms with E-state index in [1.54, 1.807) is 13.3 Å². The van der Waals surface area contributed by atoms with Crippen LogP contribution in [0.2, 0.25) is 0 Å². The summed E-state index contributed by atoms with van der Waals surface area (Å²) < 4.78 is 16.1. The molecule has 0 aliphatic carbocycles. The normalized spacial score (nSPS) is 16.2. The maximum absolute atomic E-state index is 12.4. The van der Waals surface area contributed by atoms with Gasteiger partial charge in [-0.1, -0.05) is 24.3 Å². The summed E-state index contributed by atoms with van der Waals surface area (Å²) in [5.41, 5.74) is 2.11. The van der Waals surface area contributed by atoms with Gasteiger partial charge in [0.1, 0.15) is 5.75 Å². The maximum Gasteiger partial charge on any atom is 0.321 e. The number of carbonyl (C=O) groups is 1. The fraction of sp³-hybridized carbons (Fsp3) is 0.318. The van der Waals surface area contributed by atoms with Gasteiger partial charge in [-0.05, 0) is 29.8 Å². The topological polar surface area (TPSA) is 63.3 Å². The molecular weight excluding hydrogens is 370 g/mol. The lowest BCUT2D eigenvalue weighted by atomic mass is 10.1. The van der Waals surface area contributed by atoms with E-state index in [0.29, 0.717) is 13.1 Å². The van der Waals surface area contributed by atoms with Gasteiger partial charge in [0, 0.05) is 44.5 Å². The first-order valence-corrected chi connectivity index (χ1v) is 9.69. The Morgan fingerprint density at radius 1 is 1.10 bits per heavy atom. The van der Waals surface area contributed by atoms with Crippen LogP contribution in [0.4, 0.5) is 4.79 Å². The summed E-state index contributed by atoms with van der Waals surface area (Å²) in [5.74, 6) is 2.38. The Morgan fingerprint density at radius 2 is 1.90 bits per heavy atom. The predicted molar refractivity (Wildman–Crippen MR) is 110 cm³/mol. The molecule has 0 spiro atoms. The molecule has 2 aromatic carbocycles. The summed E-state index contributed by atoms with van der Waals surface area (Å²) >= 11 is 0. The Kier molecular flexibility index (Phi) is 5.86. The van der Waals surface area contributed by atoms with Crippen LogP contribution in [0.25, 0.3) is 6.08 Å². The molecule has 7 nitrogen and oxygen atoms in total. The number of rotatable bonds is 5. The van der Waals surface area contributed by atoms with E-state index in [2.05, 4.69) is 16.3 Å². The highest BCUT2D eigenvalue weighted by Gasteiger charge is 2.21. The number of nitrogens with zero attached hydrogens (tertiary/aromatic N) is 2. The highest BCUT2D eigenvalue weighted by atomic mass is 16.7. The van der Waals surface area contributed by atoms with E-state index < -0.39 is 0 Å². The summed E-state index contributed by atoms with van der Waals surface area (Å²) in [4.78, 5) is 16.6. The molecule has 0 aromatic heterocycles. The van der Waals surface area contributed by atoms with Crippen molar-refractivity contribution >= 4 is 12.1 Å². The van der Waals surface area contributed by atoms with Crippen LogP contribution in [-0.4, -0.2) is 55.9 Å². The molecule has 1 N–H and O–H groups in total. The van der Waals surface area contributed by atoms with E-state index in [1.165, 1.54) is 5.56 Å². The number of nitrogens with one attached hydrogen (secondary N) is 1. The number of piperazine rings is 1. The minimum atomic E-state index is -0.0844. The zero-order valence-corrected chi connectivity index (χ0v) is 16.5. The Hall–Kier alpha value is -3.19. The lowest BCUT2D eigenvalue weighted by Gasteiger charge is -2.34. The molecule has 0 bridgehead atoms. The van der Waals surface area contributed by atoms with Crippen LogP contribution in [-0.2, 0) is 6.54 Å². The molecule has 2 amide bonds. The summed E-state index contributed by atoms with van der Waals surface area (Å²) in [5, 5.41) is 2.85. The highest BCUT2D eigenvalue weighted by molar-refractivity contribution is 5.76. The van der Waals surface area contributed by atoms with Gasteiger partial charge in [0.05, 0.1) is 7.11 Å². The molecule has 2 aromatic rings. The second-order valence-electron chi connectivity index (χ2n) is 6.98. The van der Waals surface area contributed by atoms with E-state index >= 15 is 0 Å². The van der Waals surface area contributed by atoms with Crippen molar-refractivity contribution < 1.29 is 19.0 Å². The van der Waals surface area contributed by atoms with E-state index in [-0.39, 0.29) is 12.8 Å². The molecule has 1 fully saturated rings. The Labute approximate surface area is 170 Å². The molecule has 1 saturated heterocycles. The SMILES string of the molecule is COc1ccccc1/C=C/NC(=O)N1CCN(Cc2ccc3c(c2)OCO3)CC1. The molecular formula is C22H25N3O4. The van der Waals surface area contributed by atoms with Gasteiger partial charge >= 0.3 is 6.03 Å². The number of hydrogen-bond donors (Lipinski definition) is 1. The van der Waals surface area contributed by atoms with E-state index in [0.717, 1.165) is 42.4 Å².